The Labute approximate surface area is 90.1 Å². The van der Waals surface area contributed by atoms with E-state index in [1.807, 2.05) is 6.92 Å². The van der Waals surface area contributed by atoms with E-state index >= 15 is 0 Å². The molecule has 0 aliphatic rings. The van der Waals surface area contributed by atoms with Crippen molar-refractivity contribution in [3.63, 3.8) is 0 Å². The van der Waals surface area contributed by atoms with E-state index in [1.54, 1.807) is 24.7 Å². The van der Waals surface area contributed by atoms with Crippen molar-refractivity contribution in [2.24, 2.45) is 0 Å². The maximum absolute atomic E-state index is 9.67. The second-order valence-electron chi connectivity index (χ2n) is 3.98. The van der Waals surface area contributed by atoms with Crippen molar-refractivity contribution in [1.29, 1.82) is 0 Å². The van der Waals surface area contributed by atoms with Crippen LogP contribution < -0.4 is 0 Å². The molecule has 0 unspecified atom stereocenters. The fourth-order valence-electron chi connectivity index (χ4n) is 1.16. The molecule has 0 amide bonds. The number of rotatable bonds is 6. The molecule has 0 radical (unpaired) electrons. The van der Waals surface area contributed by atoms with Crippen LogP contribution in [-0.2, 0) is 16.9 Å². The highest BCUT2D eigenvalue weighted by atomic mass is 16.5. The largest absolute Gasteiger partial charge is 0.384 e. The van der Waals surface area contributed by atoms with Crippen molar-refractivity contribution in [2.45, 2.75) is 39.3 Å². The molecule has 1 rings (SSSR count). The molecule has 0 bridgehead atoms. The Balaban J connectivity index is 2.40. The van der Waals surface area contributed by atoms with Crippen molar-refractivity contribution in [2.75, 3.05) is 13.2 Å². The van der Waals surface area contributed by atoms with Crippen LogP contribution in [0.1, 0.15) is 32.9 Å². The van der Waals surface area contributed by atoms with Crippen LogP contribution in [0.15, 0.2) is 6.20 Å². The smallest absolute Gasteiger partial charge is 0.114 e. The van der Waals surface area contributed by atoms with E-state index in [0.717, 1.165) is 26.2 Å². The summed E-state index contributed by atoms with van der Waals surface area (Å²) in [5, 5.41) is 17.5. The van der Waals surface area contributed by atoms with E-state index in [1.165, 1.54) is 0 Å². The van der Waals surface area contributed by atoms with Crippen LogP contribution >= 0.6 is 0 Å². The minimum Gasteiger partial charge on any atom is -0.384 e. The molecule has 0 aromatic carbocycles. The summed E-state index contributed by atoms with van der Waals surface area (Å²) in [5.41, 5.74) is -0.322. The van der Waals surface area contributed by atoms with Crippen molar-refractivity contribution in [3.05, 3.63) is 11.9 Å². The van der Waals surface area contributed by atoms with Crippen molar-refractivity contribution < 1.29 is 9.84 Å². The second-order valence-corrected chi connectivity index (χ2v) is 3.98. The van der Waals surface area contributed by atoms with Gasteiger partial charge in [0.25, 0.3) is 0 Å². The lowest BCUT2D eigenvalue weighted by atomic mass is 10.1. The molecule has 0 aliphatic heterocycles. The number of aryl methyl sites for hydroxylation is 1. The Bertz CT molecular complexity index is 291. The Hall–Kier alpha value is -0.940. The Morgan fingerprint density at radius 1 is 1.53 bits per heavy atom. The number of ether oxygens (including phenoxy) is 1. The lowest BCUT2D eigenvalue weighted by molar-refractivity contribution is 0.0737. The predicted octanol–water partition coefficient (Wildman–Crippen LogP) is 0.932. The first kappa shape index (κ1) is 12.1. The second kappa shape index (κ2) is 5.23. The SMILES string of the molecule is CCOCCCn1cc(C(C)(C)O)nn1. The number of hydrogen-bond donors (Lipinski definition) is 1. The number of aliphatic hydroxyl groups is 1. The van der Waals surface area contributed by atoms with Crippen LogP contribution in [0.5, 0.6) is 0 Å². The van der Waals surface area contributed by atoms with Crippen molar-refractivity contribution in [3.8, 4) is 0 Å². The van der Waals surface area contributed by atoms with Crippen LogP contribution in [0.2, 0.25) is 0 Å². The van der Waals surface area contributed by atoms with E-state index in [2.05, 4.69) is 10.3 Å². The van der Waals surface area contributed by atoms with Crippen molar-refractivity contribution in [1.82, 2.24) is 15.0 Å². The van der Waals surface area contributed by atoms with Gasteiger partial charge in [0.2, 0.25) is 0 Å². The number of hydrogen-bond acceptors (Lipinski definition) is 4. The van der Waals surface area contributed by atoms with Crippen LogP contribution in [0, 0.1) is 0 Å². The Morgan fingerprint density at radius 3 is 2.80 bits per heavy atom. The molecule has 1 aromatic rings. The minimum absolute atomic E-state index is 0.596. The van der Waals surface area contributed by atoms with E-state index in [0.29, 0.717) is 5.69 Å². The van der Waals surface area contributed by atoms with Crippen molar-refractivity contribution >= 4 is 0 Å². The van der Waals surface area contributed by atoms with Gasteiger partial charge in [-0.1, -0.05) is 5.21 Å². The molecule has 0 aliphatic carbocycles. The summed E-state index contributed by atoms with van der Waals surface area (Å²) in [6, 6.07) is 0. The molecule has 1 N–H and O–H groups in total. The average Bonchev–Trinajstić information content (AvgIpc) is 2.60. The third-order valence-electron chi connectivity index (χ3n) is 2.05. The molecule has 5 nitrogen and oxygen atoms in total. The first-order chi connectivity index (χ1) is 7.04. The van der Waals surface area contributed by atoms with Crippen LogP contribution in [-0.4, -0.2) is 33.3 Å². The number of nitrogens with zero attached hydrogens (tertiary/aromatic N) is 3. The maximum Gasteiger partial charge on any atom is 0.114 e. The normalized spacial score (nSPS) is 12.0. The van der Waals surface area contributed by atoms with Gasteiger partial charge >= 0.3 is 0 Å². The molecule has 86 valence electrons. The van der Waals surface area contributed by atoms with Gasteiger partial charge in [0.05, 0.1) is 6.20 Å². The fraction of sp³-hybridized carbons (Fsp3) is 0.800. The zero-order valence-electron chi connectivity index (χ0n) is 9.60. The van der Waals surface area contributed by atoms with Gasteiger partial charge in [0, 0.05) is 19.8 Å². The maximum atomic E-state index is 9.67. The highest BCUT2D eigenvalue weighted by Crippen LogP contribution is 2.15. The lowest BCUT2D eigenvalue weighted by Crippen LogP contribution is -2.15. The molecule has 0 atom stereocenters. The molecular formula is C10H19N3O2. The summed E-state index contributed by atoms with van der Waals surface area (Å²) in [4.78, 5) is 0. The van der Waals surface area contributed by atoms with Gasteiger partial charge in [-0.2, -0.15) is 0 Å². The molecule has 0 fully saturated rings. The Kier molecular flexibility index (Phi) is 4.23. The zero-order chi connectivity index (χ0) is 11.3. The highest BCUT2D eigenvalue weighted by molar-refractivity contribution is 5.02. The molecular weight excluding hydrogens is 194 g/mol. The van der Waals surface area contributed by atoms with Gasteiger partial charge in [-0.15, -0.1) is 5.10 Å². The molecule has 15 heavy (non-hydrogen) atoms. The molecule has 5 heteroatoms. The Morgan fingerprint density at radius 2 is 2.27 bits per heavy atom. The number of aromatic nitrogens is 3. The van der Waals surface area contributed by atoms with Gasteiger partial charge in [-0.25, -0.2) is 0 Å². The highest BCUT2D eigenvalue weighted by Gasteiger charge is 2.19. The van der Waals surface area contributed by atoms with Crippen LogP contribution in [0.4, 0.5) is 0 Å². The summed E-state index contributed by atoms with van der Waals surface area (Å²) < 4.78 is 6.95. The first-order valence-corrected chi connectivity index (χ1v) is 5.24. The van der Waals surface area contributed by atoms with E-state index in [4.69, 9.17) is 4.74 Å². The van der Waals surface area contributed by atoms with E-state index < -0.39 is 5.60 Å². The van der Waals surface area contributed by atoms with Crippen LogP contribution in [0.25, 0.3) is 0 Å². The summed E-state index contributed by atoms with van der Waals surface area (Å²) in [6.45, 7) is 7.61. The third kappa shape index (κ3) is 3.97. The van der Waals surface area contributed by atoms with Gasteiger partial charge < -0.3 is 9.84 Å². The average molecular weight is 213 g/mol. The third-order valence-corrected chi connectivity index (χ3v) is 2.05. The van der Waals surface area contributed by atoms with E-state index in [-0.39, 0.29) is 0 Å². The van der Waals surface area contributed by atoms with E-state index in [9.17, 15) is 5.11 Å². The standard InChI is InChI=1S/C10H19N3O2/c1-4-15-7-5-6-13-8-9(11-12-13)10(2,3)14/h8,14H,4-7H2,1-3H3. The molecule has 1 heterocycles. The van der Waals surface area contributed by atoms with Gasteiger partial charge in [-0.3, -0.25) is 4.68 Å². The monoisotopic (exact) mass is 213 g/mol. The predicted molar refractivity (Wildman–Crippen MR) is 56.4 cm³/mol. The minimum atomic E-state index is -0.918. The van der Waals surface area contributed by atoms with Gasteiger partial charge in [0.15, 0.2) is 0 Å². The molecule has 0 saturated heterocycles. The fourth-order valence-corrected chi connectivity index (χ4v) is 1.16. The lowest BCUT2D eigenvalue weighted by Gasteiger charge is -2.11. The molecule has 0 saturated carbocycles. The summed E-state index contributed by atoms with van der Waals surface area (Å²) >= 11 is 0. The molecule has 0 spiro atoms. The van der Waals surface area contributed by atoms with Gasteiger partial charge in [-0.05, 0) is 27.2 Å². The van der Waals surface area contributed by atoms with Crippen LogP contribution in [0.3, 0.4) is 0 Å². The summed E-state index contributed by atoms with van der Waals surface area (Å²) in [7, 11) is 0. The summed E-state index contributed by atoms with van der Waals surface area (Å²) in [5.74, 6) is 0. The molecule has 1 aromatic heterocycles. The first-order valence-electron chi connectivity index (χ1n) is 5.24. The van der Waals surface area contributed by atoms with Gasteiger partial charge in [0.1, 0.15) is 11.3 Å². The topological polar surface area (TPSA) is 60.2 Å². The quantitative estimate of drug-likeness (QED) is 0.714. The summed E-state index contributed by atoms with van der Waals surface area (Å²) in [6.07, 6.45) is 2.68. The zero-order valence-corrected chi connectivity index (χ0v) is 9.60.